The van der Waals surface area contributed by atoms with E-state index in [9.17, 15) is 4.79 Å². The van der Waals surface area contributed by atoms with Crippen molar-refractivity contribution in [2.75, 3.05) is 19.6 Å². The quantitative estimate of drug-likeness (QED) is 0.458. The van der Waals surface area contributed by atoms with E-state index < -0.39 is 6.29 Å². The Kier molecular flexibility index (Phi) is 4.10. The minimum Gasteiger partial charge on any atom is -0.354 e. The number of nitrogen functional groups attached to an aromatic ring is 1. The van der Waals surface area contributed by atoms with E-state index in [0.717, 1.165) is 0 Å². The van der Waals surface area contributed by atoms with Crippen molar-refractivity contribution in [2.45, 2.75) is 12.8 Å². The Labute approximate surface area is 109 Å². The summed E-state index contributed by atoms with van der Waals surface area (Å²) in [6, 6.07) is 7.07. The van der Waals surface area contributed by atoms with Crippen LogP contribution in [-0.4, -0.2) is 30.1 Å². The summed E-state index contributed by atoms with van der Waals surface area (Å²) in [4.78, 5) is 16.7. The number of hydrazine groups is 1. The lowest BCUT2D eigenvalue weighted by molar-refractivity contribution is -0.111. The Morgan fingerprint density at radius 2 is 2.05 bits per heavy atom. The minimum atomic E-state index is -0.548. The van der Waals surface area contributed by atoms with Gasteiger partial charge in [-0.05, 0) is 12.1 Å². The van der Waals surface area contributed by atoms with E-state index in [0.29, 0.717) is 10.9 Å². The summed E-state index contributed by atoms with van der Waals surface area (Å²) in [7, 11) is 3.01. The van der Waals surface area contributed by atoms with Gasteiger partial charge < -0.3 is 9.47 Å². The maximum atomic E-state index is 12.4. The number of nitrogens with zero attached hydrogens (tertiary/aromatic N) is 2. The zero-order valence-electron chi connectivity index (χ0n) is 10.8. The lowest BCUT2D eigenvalue weighted by Gasteiger charge is -2.17. The van der Waals surface area contributed by atoms with Gasteiger partial charge in [0.15, 0.2) is 6.29 Å². The van der Waals surface area contributed by atoms with Gasteiger partial charge in [-0.3, -0.25) is 14.8 Å². The van der Waals surface area contributed by atoms with Crippen LogP contribution in [0.5, 0.6) is 0 Å². The number of anilines is 1. The molecule has 1 aromatic carbocycles. The number of nitrogens with one attached hydrogen (secondary N) is 1. The second-order valence-electron chi connectivity index (χ2n) is 3.91. The van der Waals surface area contributed by atoms with E-state index in [1.165, 1.54) is 18.8 Å². The fraction of sp³-hybridized carbons (Fsp3) is 0.333. The highest BCUT2D eigenvalue weighted by Gasteiger charge is 2.14. The number of benzene rings is 1. The molecule has 0 aliphatic heterocycles. The molecule has 0 aliphatic carbocycles. The van der Waals surface area contributed by atoms with Crippen LogP contribution >= 0.6 is 0 Å². The number of hydrogen-bond acceptors (Lipinski definition) is 6. The summed E-state index contributed by atoms with van der Waals surface area (Å²) in [5.41, 5.74) is 2.81. The molecule has 0 spiro atoms. The van der Waals surface area contributed by atoms with Crippen molar-refractivity contribution in [1.29, 1.82) is 0 Å². The monoisotopic (exact) mass is 264 g/mol. The summed E-state index contributed by atoms with van der Waals surface area (Å²) < 4.78 is 11.6. The average Bonchev–Trinajstić information content (AvgIpc) is 2.46. The van der Waals surface area contributed by atoms with Crippen LogP contribution in [0.2, 0.25) is 0 Å². The number of ether oxygens (including phenoxy) is 2. The van der Waals surface area contributed by atoms with Crippen LogP contribution in [0.1, 0.15) is 0 Å². The van der Waals surface area contributed by atoms with Gasteiger partial charge in [-0.2, -0.15) is 0 Å². The molecule has 7 nitrogen and oxygen atoms in total. The van der Waals surface area contributed by atoms with E-state index in [1.807, 2.05) is 6.07 Å². The zero-order valence-corrected chi connectivity index (χ0v) is 10.8. The molecule has 0 atom stereocenters. The van der Waals surface area contributed by atoms with Gasteiger partial charge in [0.05, 0.1) is 17.4 Å². The molecule has 0 saturated heterocycles. The molecule has 102 valence electrons. The summed E-state index contributed by atoms with van der Waals surface area (Å²) in [6.07, 6.45) is -0.548. The van der Waals surface area contributed by atoms with Crippen molar-refractivity contribution in [2.24, 2.45) is 5.84 Å². The number of para-hydroxylation sites is 1. The maximum absolute atomic E-state index is 12.4. The second kappa shape index (κ2) is 5.79. The molecule has 19 heavy (non-hydrogen) atoms. The molecule has 0 saturated carbocycles. The highest BCUT2D eigenvalue weighted by atomic mass is 16.7. The Morgan fingerprint density at radius 3 is 2.68 bits per heavy atom. The highest BCUT2D eigenvalue weighted by molar-refractivity contribution is 5.78. The lowest BCUT2D eigenvalue weighted by Crippen LogP contribution is -2.32. The van der Waals surface area contributed by atoms with E-state index in [4.69, 9.17) is 15.3 Å². The molecule has 0 unspecified atom stereocenters. The van der Waals surface area contributed by atoms with Gasteiger partial charge in [0.25, 0.3) is 5.56 Å². The molecule has 0 aliphatic rings. The molecule has 0 bridgehead atoms. The molecule has 0 fully saturated rings. The van der Waals surface area contributed by atoms with Crippen molar-refractivity contribution in [3.8, 4) is 0 Å². The van der Waals surface area contributed by atoms with Crippen molar-refractivity contribution >= 4 is 16.9 Å². The van der Waals surface area contributed by atoms with Crippen LogP contribution < -0.4 is 16.8 Å². The predicted molar refractivity (Wildman–Crippen MR) is 71.6 cm³/mol. The van der Waals surface area contributed by atoms with Crippen molar-refractivity contribution in [3.05, 3.63) is 34.6 Å². The molecule has 2 aromatic rings. The van der Waals surface area contributed by atoms with Crippen LogP contribution in [0, 0.1) is 0 Å². The standard InChI is InChI=1S/C12H16N4O3/c1-18-10(19-2)7-16-11(17)8-5-3-4-6-9(8)14-12(16)15-13/h3-6,10H,7,13H2,1-2H3,(H,14,15). The SMILES string of the molecule is COC(Cn1c(NN)nc2ccccc2c1=O)OC. The van der Waals surface area contributed by atoms with Crippen molar-refractivity contribution in [1.82, 2.24) is 9.55 Å². The summed E-state index contributed by atoms with van der Waals surface area (Å²) >= 11 is 0. The van der Waals surface area contributed by atoms with Crippen LogP contribution in [0.3, 0.4) is 0 Å². The second-order valence-corrected chi connectivity index (χ2v) is 3.91. The third kappa shape index (κ3) is 2.58. The number of hydrogen-bond donors (Lipinski definition) is 2. The van der Waals surface area contributed by atoms with Gasteiger partial charge in [-0.25, -0.2) is 10.8 Å². The number of fused-ring (bicyclic) bond motifs is 1. The molecule has 1 heterocycles. The molecule has 7 heteroatoms. The molecule has 2 rings (SSSR count). The van der Waals surface area contributed by atoms with Gasteiger partial charge in [-0.15, -0.1) is 0 Å². The predicted octanol–water partition coefficient (Wildman–Crippen LogP) is 0.301. The lowest BCUT2D eigenvalue weighted by atomic mass is 10.2. The first-order valence-corrected chi connectivity index (χ1v) is 5.73. The Bertz CT molecular complexity index is 622. The largest absolute Gasteiger partial charge is 0.354 e. The first-order valence-electron chi connectivity index (χ1n) is 5.73. The summed E-state index contributed by atoms with van der Waals surface area (Å²) in [5, 5.41) is 0.521. The van der Waals surface area contributed by atoms with Crippen LogP contribution in [0.4, 0.5) is 5.95 Å². The Morgan fingerprint density at radius 1 is 1.37 bits per heavy atom. The molecule has 0 radical (unpaired) electrons. The topological polar surface area (TPSA) is 91.4 Å². The van der Waals surface area contributed by atoms with E-state index in [1.54, 1.807) is 18.2 Å². The van der Waals surface area contributed by atoms with Gasteiger partial charge in [-0.1, -0.05) is 12.1 Å². The van der Waals surface area contributed by atoms with Gasteiger partial charge in [0.2, 0.25) is 5.95 Å². The third-order valence-corrected chi connectivity index (χ3v) is 2.85. The first-order chi connectivity index (χ1) is 9.21. The van der Waals surface area contributed by atoms with Gasteiger partial charge >= 0.3 is 0 Å². The number of nitrogens with two attached hydrogens (primary N) is 1. The highest BCUT2D eigenvalue weighted by Crippen LogP contribution is 2.11. The van der Waals surface area contributed by atoms with Gasteiger partial charge in [0.1, 0.15) is 0 Å². The Balaban J connectivity index is 2.58. The number of aromatic nitrogens is 2. The molecule has 0 amide bonds. The summed E-state index contributed by atoms with van der Waals surface area (Å²) in [5.74, 6) is 5.68. The fourth-order valence-electron chi connectivity index (χ4n) is 1.84. The molecular weight excluding hydrogens is 248 g/mol. The molecule has 1 aromatic heterocycles. The van der Waals surface area contributed by atoms with Crippen molar-refractivity contribution < 1.29 is 9.47 Å². The maximum Gasteiger partial charge on any atom is 0.262 e. The number of methoxy groups -OCH3 is 2. The van der Waals surface area contributed by atoms with Crippen LogP contribution in [-0.2, 0) is 16.0 Å². The fourth-order valence-corrected chi connectivity index (χ4v) is 1.84. The first kappa shape index (κ1) is 13.5. The van der Waals surface area contributed by atoms with Crippen molar-refractivity contribution in [3.63, 3.8) is 0 Å². The summed E-state index contributed by atoms with van der Waals surface area (Å²) in [6.45, 7) is 0.198. The van der Waals surface area contributed by atoms with E-state index >= 15 is 0 Å². The van der Waals surface area contributed by atoms with E-state index in [-0.39, 0.29) is 18.1 Å². The van der Waals surface area contributed by atoms with Crippen LogP contribution in [0.25, 0.3) is 10.9 Å². The minimum absolute atomic E-state index is 0.197. The molecular formula is C12H16N4O3. The average molecular weight is 264 g/mol. The van der Waals surface area contributed by atoms with Gasteiger partial charge in [0, 0.05) is 14.2 Å². The Hall–Kier alpha value is -1.96. The van der Waals surface area contributed by atoms with Crippen LogP contribution in [0.15, 0.2) is 29.1 Å². The number of rotatable bonds is 5. The third-order valence-electron chi connectivity index (χ3n) is 2.85. The zero-order chi connectivity index (χ0) is 13.8. The normalized spacial score (nSPS) is 11.2. The smallest absolute Gasteiger partial charge is 0.262 e. The molecule has 3 N–H and O–H groups in total. The van der Waals surface area contributed by atoms with E-state index in [2.05, 4.69) is 10.4 Å².